The molecule has 0 radical (unpaired) electrons. The zero-order valence-electron chi connectivity index (χ0n) is 13.0. The van der Waals surface area contributed by atoms with Crippen LogP contribution in [0.15, 0.2) is 0 Å². The van der Waals surface area contributed by atoms with Crippen LogP contribution in [-0.2, 0) is 0 Å². The first-order valence-electron chi connectivity index (χ1n) is 6.89. The van der Waals surface area contributed by atoms with E-state index in [0.29, 0.717) is 17.8 Å². The first-order chi connectivity index (χ1) is 9.49. The maximum absolute atomic E-state index is 5.42. The lowest BCUT2D eigenvalue weighted by Crippen LogP contribution is -2.31. The summed E-state index contributed by atoms with van der Waals surface area (Å²) in [6, 6.07) is 0.225. The van der Waals surface area contributed by atoms with Crippen LogP contribution in [0.4, 0.5) is 17.8 Å². The van der Waals surface area contributed by atoms with Crippen LogP contribution in [0.25, 0.3) is 0 Å². The van der Waals surface area contributed by atoms with E-state index in [9.17, 15) is 0 Å². The number of nitrogens with zero attached hydrogens (tertiary/aromatic N) is 5. The Morgan fingerprint density at radius 1 is 1.10 bits per heavy atom. The first kappa shape index (κ1) is 16.4. The van der Waals surface area contributed by atoms with E-state index in [2.05, 4.69) is 51.4 Å². The van der Waals surface area contributed by atoms with E-state index >= 15 is 0 Å². The molecular formula is C12H26N8. The van der Waals surface area contributed by atoms with Crippen molar-refractivity contribution in [2.24, 2.45) is 5.84 Å². The lowest BCUT2D eigenvalue weighted by molar-refractivity contribution is 0.391. The molecule has 0 fully saturated rings. The molecule has 1 aromatic heterocycles. The van der Waals surface area contributed by atoms with Crippen molar-refractivity contribution >= 4 is 17.8 Å². The van der Waals surface area contributed by atoms with Crippen molar-refractivity contribution in [3.8, 4) is 0 Å². The molecule has 8 nitrogen and oxygen atoms in total. The van der Waals surface area contributed by atoms with Gasteiger partial charge in [-0.2, -0.15) is 15.0 Å². The van der Waals surface area contributed by atoms with Crippen molar-refractivity contribution in [3.05, 3.63) is 0 Å². The van der Waals surface area contributed by atoms with Gasteiger partial charge in [-0.05, 0) is 34.9 Å². The minimum absolute atomic E-state index is 0.225. The smallest absolute Gasteiger partial charge is 0.243 e. The fourth-order valence-electron chi connectivity index (χ4n) is 1.96. The topological polar surface area (TPSA) is 95.2 Å². The summed E-state index contributed by atoms with van der Waals surface area (Å²) in [5, 5.41) is 3.27. The molecule has 0 amide bonds. The van der Waals surface area contributed by atoms with E-state index in [1.807, 2.05) is 19.0 Å². The maximum Gasteiger partial charge on any atom is 0.243 e. The third-order valence-corrected chi connectivity index (χ3v) is 2.81. The second-order valence-corrected chi connectivity index (χ2v) is 4.91. The number of aromatic nitrogens is 3. The Hall–Kier alpha value is -1.67. The summed E-state index contributed by atoms with van der Waals surface area (Å²) >= 11 is 0. The third-order valence-electron chi connectivity index (χ3n) is 2.81. The number of rotatable bonds is 8. The first-order valence-corrected chi connectivity index (χ1v) is 6.89. The number of likely N-dealkylation sites (N-methyl/N-ethyl adjacent to an activating group) is 1. The second-order valence-electron chi connectivity index (χ2n) is 4.91. The molecule has 1 atom stereocenters. The van der Waals surface area contributed by atoms with Crippen molar-refractivity contribution in [2.45, 2.75) is 26.8 Å². The number of nitrogens with two attached hydrogens (primary N) is 1. The second kappa shape index (κ2) is 7.81. The van der Waals surface area contributed by atoms with Gasteiger partial charge in [0.1, 0.15) is 0 Å². The average Bonchev–Trinajstić information content (AvgIpc) is 2.38. The number of anilines is 3. The number of nitrogen functional groups attached to an aromatic ring is 1. The third kappa shape index (κ3) is 4.78. The van der Waals surface area contributed by atoms with Crippen LogP contribution in [0.3, 0.4) is 0 Å². The van der Waals surface area contributed by atoms with Crippen LogP contribution in [0, 0.1) is 0 Å². The average molecular weight is 282 g/mol. The fourth-order valence-corrected chi connectivity index (χ4v) is 1.96. The molecule has 1 aromatic rings. The molecule has 0 aromatic carbocycles. The van der Waals surface area contributed by atoms with Crippen molar-refractivity contribution in [2.75, 3.05) is 49.4 Å². The van der Waals surface area contributed by atoms with Crippen molar-refractivity contribution in [3.63, 3.8) is 0 Å². The SMILES string of the molecule is CCN(CC)c1nc(NN)nc(NC(C)CN(C)C)n1. The molecule has 0 aliphatic carbocycles. The van der Waals surface area contributed by atoms with Crippen LogP contribution in [0.5, 0.6) is 0 Å². The van der Waals surface area contributed by atoms with Crippen molar-refractivity contribution in [1.29, 1.82) is 0 Å². The van der Waals surface area contributed by atoms with Gasteiger partial charge < -0.3 is 15.1 Å². The van der Waals surface area contributed by atoms with Gasteiger partial charge in [-0.15, -0.1) is 0 Å². The Morgan fingerprint density at radius 2 is 1.70 bits per heavy atom. The van der Waals surface area contributed by atoms with Gasteiger partial charge in [0.2, 0.25) is 17.8 Å². The van der Waals surface area contributed by atoms with E-state index in [4.69, 9.17) is 5.84 Å². The Balaban J connectivity index is 2.92. The van der Waals surface area contributed by atoms with Gasteiger partial charge in [-0.3, -0.25) is 5.43 Å². The van der Waals surface area contributed by atoms with Gasteiger partial charge >= 0.3 is 0 Å². The summed E-state index contributed by atoms with van der Waals surface area (Å²) in [5.74, 6) is 6.94. The number of hydrogen-bond acceptors (Lipinski definition) is 8. The fraction of sp³-hybridized carbons (Fsp3) is 0.750. The zero-order valence-corrected chi connectivity index (χ0v) is 13.0. The van der Waals surface area contributed by atoms with Crippen LogP contribution in [0.1, 0.15) is 20.8 Å². The number of hydrazine groups is 1. The Kier molecular flexibility index (Phi) is 6.40. The highest BCUT2D eigenvalue weighted by atomic mass is 15.4. The highest BCUT2D eigenvalue weighted by Crippen LogP contribution is 2.13. The molecule has 1 rings (SSSR count). The predicted molar refractivity (Wildman–Crippen MR) is 82.8 cm³/mol. The monoisotopic (exact) mass is 282 g/mol. The molecule has 1 heterocycles. The van der Waals surface area contributed by atoms with Gasteiger partial charge in [0.15, 0.2) is 0 Å². The van der Waals surface area contributed by atoms with E-state index < -0.39 is 0 Å². The van der Waals surface area contributed by atoms with E-state index in [1.165, 1.54) is 0 Å². The molecule has 20 heavy (non-hydrogen) atoms. The minimum atomic E-state index is 0.225. The highest BCUT2D eigenvalue weighted by Gasteiger charge is 2.12. The molecule has 0 saturated heterocycles. The highest BCUT2D eigenvalue weighted by molar-refractivity contribution is 5.43. The molecule has 114 valence electrons. The standard InChI is InChI=1S/C12H26N8/c1-6-20(7-2)12-16-10(15-11(17-12)18-13)14-9(3)8-19(4)5/h9H,6-8,13H2,1-5H3,(H2,14,15,16,17,18). The molecule has 0 bridgehead atoms. The molecule has 0 spiro atoms. The van der Waals surface area contributed by atoms with Crippen LogP contribution >= 0.6 is 0 Å². The lowest BCUT2D eigenvalue weighted by Gasteiger charge is -2.21. The molecule has 0 aliphatic heterocycles. The van der Waals surface area contributed by atoms with E-state index in [0.717, 1.165) is 19.6 Å². The van der Waals surface area contributed by atoms with E-state index in [-0.39, 0.29) is 6.04 Å². The molecule has 1 unspecified atom stereocenters. The van der Waals surface area contributed by atoms with Gasteiger partial charge in [-0.25, -0.2) is 5.84 Å². The molecule has 8 heteroatoms. The van der Waals surface area contributed by atoms with Crippen molar-refractivity contribution < 1.29 is 0 Å². The van der Waals surface area contributed by atoms with Gasteiger partial charge in [0.25, 0.3) is 0 Å². The van der Waals surface area contributed by atoms with Crippen LogP contribution in [-0.4, -0.2) is 59.6 Å². The largest absolute Gasteiger partial charge is 0.350 e. The predicted octanol–water partition coefficient (Wildman–Crippen LogP) is 0.365. The summed E-state index contributed by atoms with van der Waals surface area (Å²) < 4.78 is 0. The maximum atomic E-state index is 5.42. The normalized spacial score (nSPS) is 12.3. The summed E-state index contributed by atoms with van der Waals surface area (Å²) in [7, 11) is 4.06. The quantitative estimate of drug-likeness (QED) is 0.465. The van der Waals surface area contributed by atoms with Crippen molar-refractivity contribution in [1.82, 2.24) is 19.9 Å². The van der Waals surface area contributed by atoms with E-state index in [1.54, 1.807) is 0 Å². The molecule has 0 saturated carbocycles. The summed E-state index contributed by atoms with van der Waals surface area (Å²) in [5.41, 5.74) is 2.49. The Bertz CT molecular complexity index is 404. The Labute approximate surface area is 120 Å². The Morgan fingerprint density at radius 3 is 2.20 bits per heavy atom. The minimum Gasteiger partial charge on any atom is -0.350 e. The van der Waals surface area contributed by atoms with Gasteiger partial charge in [0.05, 0.1) is 0 Å². The summed E-state index contributed by atoms with van der Waals surface area (Å²) in [6.07, 6.45) is 0. The molecule has 0 aliphatic rings. The van der Waals surface area contributed by atoms with Crippen LogP contribution < -0.4 is 21.5 Å². The molecule has 4 N–H and O–H groups in total. The summed E-state index contributed by atoms with van der Waals surface area (Å²) in [4.78, 5) is 17.1. The van der Waals surface area contributed by atoms with Crippen LogP contribution in [0.2, 0.25) is 0 Å². The number of hydrogen-bond donors (Lipinski definition) is 3. The van der Waals surface area contributed by atoms with Gasteiger partial charge in [0, 0.05) is 25.7 Å². The lowest BCUT2D eigenvalue weighted by atomic mass is 10.3. The zero-order chi connectivity index (χ0) is 15.1. The van der Waals surface area contributed by atoms with Gasteiger partial charge in [-0.1, -0.05) is 0 Å². The summed E-state index contributed by atoms with van der Waals surface area (Å²) in [6.45, 7) is 8.75. The number of nitrogens with one attached hydrogen (secondary N) is 2. The molecular weight excluding hydrogens is 256 g/mol.